The summed E-state index contributed by atoms with van der Waals surface area (Å²) in [6.45, 7) is 0. The molecular weight excluding hydrogens is 166 g/mol. The van der Waals surface area contributed by atoms with Crippen LogP contribution in [0.15, 0.2) is 18.2 Å². The van der Waals surface area contributed by atoms with Crippen LogP contribution in [0.25, 0.3) is 0 Å². The third kappa shape index (κ3) is 2.46. The topological polar surface area (TPSA) is 20.2 Å². The van der Waals surface area contributed by atoms with Gasteiger partial charge in [0.1, 0.15) is 0 Å². The Morgan fingerprint density at radius 3 is 2.50 bits per heavy atom. The minimum absolute atomic E-state index is 0. The second kappa shape index (κ2) is 4.19. The van der Waals surface area contributed by atoms with Crippen molar-refractivity contribution < 1.29 is 40.5 Å². The molecule has 0 unspecified atom stereocenters. The van der Waals surface area contributed by atoms with E-state index in [0.717, 1.165) is 6.07 Å². The summed E-state index contributed by atoms with van der Waals surface area (Å²) in [5.74, 6) is -1.07. The number of hydrogen-bond acceptors (Lipinski definition) is 1. The zero-order chi connectivity index (χ0) is 6.85. The number of benzene rings is 1. The summed E-state index contributed by atoms with van der Waals surface area (Å²) < 4.78 is 12.2. The minimum atomic E-state index is -0.692. The predicted octanol–water partition coefficient (Wildman–Crippen LogP) is -0.699. The van der Waals surface area contributed by atoms with Crippen LogP contribution in [0.3, 0.4) is 0 Å². The van der Waals surface area contributed by atoms with Gasteiger partial charge in [0.15, 0.2) is 11.6 Å². The van der Waals surface area contributed by atoms with Crippen LogP contribution >= 0.6 is 11.6 Å². The van der Waals surface area contributed by atoms with E-state index in [9.17, 15) is 4.39 Å². The number of aromatic hydroxyl groups is 1. The first-order valence-electron chi connectivity index (χ1n) is 2.34. The molecular formula is C6H5ClFNaO. The Morgan fingerprint density at radius 1 is 1.50 bits per heavy atom. The van der Waals surface area contributed by atoms with Gasteiger partial charge in [-0.05, 0) is 18.2 Å². The van der Waals surface area contributed by atoms with Gasteiger partial charge < -0.3 is 6.53 Å². The molecule has 1 aromatic rings. The first-order valence-corrected chi connectivity index (χ1v) is 2.72. The fourth-order valence-electron chi connectivity index (χ4n) is 0.481. The van der Waals surface area contributed by atoms with Crippen molar-refractivity contribution in [1.82, 2.24) is 0 Å². The fraction of sp³-hybridized carbons (Fsp3) is 0. The Kier molecular flexibility index (Phi) is 4.29. The van der Waals surface area contributed by atoms with Crippen molar-refractivity contribution in [1.29, 1.82) is 0 Å². The molecule has 1 aromatic carbocycles. The molecule has 0 bridgehead atoms. The quantitative estimate of drug-likeness (QED) is 0.511. The van der Waals surface area contributed by atoms with Crippen LogP contribution in [0.5, 0.6) is 5.75 Å². The van der Waals surface area contributed by atoms with Gasteiger partial charge in [-0.2, -0.15) is 0 Å². The van der Waals surface area contributed by atoms with Gasteiger partial charge in [-0.3, -0.25) is 0 Å². The Morgan fingerprint density at radius 2 is 2.10 bits per heavy atom. The molecule has 10 heavy (non-hydrogen) atoms. The molecule has 1 N–H and O–H groups in total. The number of hydrogen-bond donors (Lipinski definition) is 1. The normalized spacial score (nSPS) is 8.60. The molecule has 0 radical (unpaired) electrons. The first-order chi connectivity index (χ1) is 4.20. The van der Waals surface area contributed by atoms with E-state index in [1.807, 2.05) is 0 Å². The van der Waals surface area contributed by atoms with E-state index in [4.69, 9.17) is 16.7 Å². The number of phenols is 1. The molecule has 1 nitrogen and oxygen atoms in total. The van der Waals surface area contributed by atoms with E-state index in [1.165, 1.54) is 12.1 Å². The zero-order valence-electron chi connectivity index (χ0n) is 6.44. The standard InChI is InChI=1S/C6H4ClFO.Na.H/c7-4-1-2-6(9)5(8)3-4;;/h1-3,9H;;/q;+1;-1. The Bertz CT molecular complexity index is 234. The number of phenolic OH excluding ortho intramolecular Hbond substituents is 1. The summed E-state index contributed by atoms with van der Waals surface area (Å²) in [6.07, 6.45) is 0. The SMILES string of the molecule is Oc1ccc(Cl)cc1F.[H-].[Na+]. The fourth-order valence-corrected chi connectivity index (χ4v) is 0.640. The summed E-state index contributed by atoms with van der Waals surface area (Å²) in [4.78, 5) is 0. The average Bonchev–Trinajstić information content (AvgIpc) is 1.80. The summed E-state index contributed by atoms with van der Waals surface area (Å²) in [6, 6.07) is 3.68. The van der Waals surface area contributed by atoms with Gasteiger partial charge in [0, 0.05) is 5.02 Å². The van der Waals surface area contributed by atoms with Crippen LogP contribution in [-0.2, 0) is 0 Å². The number of rotatable bonds is 0. The summed E-state index contributed by atoms with van der Waals surface area (Å²) in [5.41, 5.74) is 0. The van der Waals surface area contributed by atoms with Crippen LogP contribution in [0, 0.1) is 5.82 Å². The third-order valence-corrected chi connectivity index (χ3v) is 1.14. The Labute approximate surface area is 86.6 Å². The average molecular weight is 171 g/mol. The number of halogens is 2. The molecule has 0 saturated heterocycles. The van der Waals surface area contributed by atoms with Crippen LogP contribution in [0.2, 0.25) is 5.02 Å². The van der Waals surface area contributed by atoms with Crippen molar-refractivity contribution in [3.8, 4) is 5.75 Å². The van der Waals surface area contributed by atoms with Gasteiger partial charge in [-0.25, -0.2) is 4.39 Å². The van der Waals surface area contributed by atoms with Crippen LogP contribution in [0.1, 0.15) is 1.43 Å². The summed E-state index contributed by atoms with van der Waals surface area (Å²) in [5, 5.41) is 8.89. The molecule has 0 heterocycles. The van der Waals surface area contributed by atoms with Crippen LogP contribution in [-0.4, -0.2) is 5.11 Å². The van der Waals surface area contributed by atoms with E-state index < -0.39 is 5.82 Å². The van der Waals surface area contributed by atoms with Crippen molar-refractivity contribution >= 4 is 11.6 Å². The second-order valence-corrected chi connectivity index (χ2v) is 2.03. The monoisotopic (exact) mass is 170 g/mol. The predicted molar refractivity (Wildman–Crippen MR) is 34.2 cm³/mol. The van der Waals surface area contributed by atoms with Crippen molar-refractivity contribution in [2.24, 2.45) is 0 Å². The van der Waals surface area contributed by atoms with Gasteiger partial charge >= 0.3 is 29.6 Å². The molecule has 0 spiro atoms. The summed E-state index contributed by atoms with van der Waals surface area (Å²) in [7, 11) is 0. The second-order valence-electron chi connectivity index (χ2n) is 1.60. The maximum atomic E-state index is 12.2. The van der Waals surface area contributed by atoms with Crippen molar-refractivity contribution in [2.45, 2.75) is 0 Å². The van der Waals surface area contributed by atoms with Crippen molar-refractivity contribution in [2.75, 3.05) is 0 Å². The Hall–Kier alpha value is 0.240. The molecule has 1 rings (SSSR count). The smallest absolute Gasteiger partial charge is 1.00 e. The van der Waals surface area contributed by atoms with Gasteiger partial charge in [0.25, 0.3) is 0 Å². The molecule has 0 aliphatic carbocycles. The van der Waals surface area contributed by atoms with Gasteiger partial charge in [0.2, 0.25) is 0 Å². The Balaban J connectivity index is 0. The molecule has 0 fully saturated rings. The third-order valence-electron chi connectivity index (χ3n) is 0.910. The molecule has 0 saturated carbocycles. The molecule has 50 valence electrons. The molecule has 0 aromatic heterocycles. The molecule has 0 aliphatic rings. The summed E-state index contributed by atoms with van der Waals surface area (Å²) >= 11 is 5.37. The van der Waals surface area contributed by atoms with Crippen LogP contribution in [0.4, 0.5) is 4.39 Å². The minimum Gasteiger partial charge on any atom is -1.00 e. The molecule has 0 amide bonds. The van der Waals surface area contributed by atoms with E-state index in [1.54, 1.807) is 0 Å². The van der Waals surface area contributed by atoms with Crippen molar-refractivity contribution in [3.05, 3.63) is 29.0 Å². The van der Waals surface area contributed by atoms with E-state index in [-0.39, 0.29) is 41.8 Å². The van der Waals surface area contributed by atoms with Gasteiger partial charge in [0.05, 0.1) is 0 Å². The van der Waals surface area contributed by atoms with Gasteiger partial charge in [-0.15, -0.1) is 0 Å². The molecule has 0 aliphatic heterocycles. The van der Waals surface area contributed by atoms with Crippen molar-refractivity contribution in [3.63, 3.8) is 0 Å². The zero-order valence-corrected chi connectivity index (χ0v) is 8.19. The molecule has 4 heteroatoms. The van der Waals surface area contributed by atoms with Crippen LogP contribution < -0.4 is 29.6 Å². The first kappa shape index (κ1) is 10.2. The van der Waals surface area contributed by atoms with Gasteiger partial charge in [-0.1, -0.05) is 11.6 Å². The largest absolute Gasteiger partial charge is 1.00 e. The van der Waals surface area contributed by atoms with E-state index in [0.29, 0.717) is 0 Å². The maximum Gasteiger partial charge on any atom is 1.00 e. The molecule has 0 atom stereocenters. The van der Waals surface area contributed by atoms with E-state index in [2.05, 4.69) is 0 Å². The maximum absolute atomic E-state index is 12.2. The van der Waals surface area contributed by atoms with E-state index >= 15 is 0 Å².